The zero-order valence-electron chi connectivity index (χ0n) is 25.1. The third kappa shape index (κ3) is 8.04. The highest BCUT2D eigenvalue weighted by Crippen LogP contribution is 2.30. The van der Waals surface area contributed by atoms with Crippen molar-refractivity contribution in [2.75, 3.05) is 18.0 Å². The van der Waals surface area contributed by atoms with E-state index in [1.807, 2.05) is 39.8 Å². The van der Waals surface area contributed by atoms with Crippen LogP contribution in [0.3, 0.4) is 0 Å². The molecule has 8 nitrogen and oxygen atoms in total. The molecule has 0 aliphatic rings. The largest absolute Gasteiger partial charge is 0.497 e. The third-order valence-corrected chi connectivity index (χ3v) is 9.24. The monoisotopic (exact) mass is 613 g/mol. The van der Waals surface area contributed by atoms with Crippen LogP contribution in [0.25, 0.3) is 0 Å². The molecule has 3 rings (SSSR count). The van der Waals surface area contributed by atoms with Gasteiger partial charge in [-0.3, -0.25) is 13.9 Å². The number of nitrogens with one attached hydrogen (secondary N) is 1. The fraction of sp³-hybridized carbons (Fsp3) is 0.375. The van der Waals surface area contributed by atoms with Crippen LogP contribution in [0.2, 0.25) is 5.02 Å². The average molecular weight is 614 g/mol. The number of anilines is 1. The summed E-state index contributed by atoms with van der Waals surface area (Å²) < 4.78 is 34.5. The Labute approximate surface area is 254 Å². The maximum atomic E-state index is 14.2. The van der Waals surface area contributed by atoms with Gasteiger partial charge in [0.05, 0.1) is 17.7 Å². The van der Waals surface area contributed by atoms with E-state index in [0.717, 1.165) is 21.9 Å². The minimum atomic E-state index is -4.19. The molecule has 0 aliphatic carbocycles. The number of benzene rings is 3. The number of carbonyl (C=O) groups is 2. The van der Waals surface area contributed by atoms with E-state index in [0.29, 0.717) is 22.8 Å². The predicted molar refractivity (Wildman–Crippen MR) is 167 cm³/mol. The number of carbonyl (C=O) groups excluding carboxylic acids is 2. The van der Waals surface area contributed by atoms with Crippen LogP contribution in [-0.2, 0) is 26.2 Å². The quantitative estimate of drug-likeness (QED) is 0.260. The zero-order chi connectivity index (χ0) is 31.0. The maximum Gasteiger partial charge on any atom is 0.264 e. The summed E-state index contributed by atoms with van der Waals surface area (Å²) in [5, 5.41) is 3.32. The molecule has 2 unspecified atom stereocenters. The van der Waals surface area contributed by atoms with Crippen molar-refractivity contribution in [2.24, 2.45) is 0 Å². The molecule has 0 saturated carbocycles. The van der Waals surface area contributed by atoms with Crippen LogP contribution in [0.4, 0.5) is 5.69 Å². The molecule has 0 aromatic heterocycles. The Balaban J connectivity index is 2.09. The normalized spacial score (nSPS) is 12.7. The van der Waals surface area contributed by atoms with Gasteiger partial charge in [0.15, 0.2) is 0 Å². The van der Waals surface area contributed by atoms with Crippen LogP contribution in [-0.4, -0.2) is 50.9 Å². The predicted octanol–water partition coefficient (Wildman–Crippen LogP) is 5.88. The number of halogens is 1. The molecule has 2 atom stereocenters. The summed E-state index contributed by atoms with van der Waals surface area (Å²) in [7, 11) is -2.62. The molecule has 226 valence electrons. The topological polar surface area (TPSA) is 96.0 Å². The molecule has 3 aromatic rings. The smallest absolute Gasteiger partial charge is 0.264 e. The molecule has 0 heterocycles. The van der Waals surface area contributed by atoms with Crippen molar-refractivity contribution >= 4 is 39.1 Å². The van der Waals surface area contributed by atoms with E-state index in [1.54, 1.807) is 50.4 Å². The molecular weight excluding hydrogens is 574 g/mol. The molecule has 0 fully saturated rings. The van der Waals surface area contributed by atoms with Crippen LogP contribution in [0, 0.1) is 13.8 Å². The molecule has 42 heavy (non-hydrogen) atoms. The molecule has 1 N–H and O–H groups in total. The first-order valence-corrected chi connectivity index (χ1v) is 15.8. The maximum absolute atomic E-state index is 14.2. The number of methoxy groups -OCH3 is 1. The second kappa shape index (κ2) is 14.6. The van der Waals surface area contributed by atoms with Crippen molar-refractivity contribution in [1.82, 2.24) is 10.2 Å². The van der Waals surface area contributed by atoms with Crippen molar-refractivity contribution in [3.63, 3.8) is 0 Å². The zero-order valence-corrected chi connectivity index (χ0v) is 26.6. The standard InChI is InChI=1S/C32H40ClN3O5S/c1-7-24(5)34-32(38)29(8-2)35(20-25-12-15-27(41-6)16-13-25)31(37)21-36(30-19-26(33)14-11-23(30)4)42(39,40)28-17-9-22(3)10-18-28/h9-19,24,29H,7-8,20-21H2,1-6H3,(H,34,38). The minimum Gasteiger partial charge on any atom is -0.497 e. The lowest BCUT2D eigenvalue weighted by Gasteiger charge is -2.34. The summed E-state index contributed by atoms with van der Waals surface area (Å²) in [5.41, 5.74) is 2.59. The number of aryl methyl sites for hydroxylation is 2. The van der Waals surface area contributed by atoms with Gasteiger partial charge in [-0.15, -0.1) is 0 Å². The third-order valence-electron chi connectivity index (χ3n) is 7.23. The van der Waals surface area contributed by atoms with Crippen molar-refractivity contribution in [3.8, 4) is 5.75 Å². The highest BCUT2D eigenvalue weighted by molar-refractivity contribution is 7.92. The van der Waals surface area contributed by atoms with E-state index in [4.69, 9.17) is 16.3 Å². The molecule has 2 amide bonds. The van der Waals surface area contributed by atoms with Crippen molar-refractivity contribution in [1.29, 1.82) is 0 Å². The van der Waals surface area contributed by atoms with Gasteiger partial charge in [-0.05, 0) is 81.1 Å². The highest BCUT2D eigenvalue weighted by Gasteiger charge is 2.34. The Hall–Kier alpha value is -3.56. The summed E-state index contributed by atoms with van der Waals surface area (Å²) >= 11 is 6.31. The minimum absolute atomic E-state index is 0.0449. The van der Waals surface area contributed by atoms with Crippen LogP contribution < -0.4 is 14.4 Å². The van der Waals surface area contributed by atoms with Gasteiger partial charge in [0.1, 0.15) is 18.3 Å². The fourth-order valence-electron chi connectivity index (χ4n) is 4.49. The molecule has 0 radical (unpaired) electrons. The van der Waals surface area contributed by atoms with Crippen molar-refractivity contribution in [2.45, 2.75) is 71.0 Å². The molecular formula is C32H40ClN3O5S. The molecule has 10 heteroatoms. The van der Waals surface area contributed by atoms with E-state index in [1.165, 1.54) is 23.1 Å². The lowest BCUT2D eigenvalue weighted by atomic mass is 10.1. The van der Waals surface area contributed by atoms with Crippen molar-refractivity contribution < 1.29 is 22.7 Å². The molecule has 0 spiro atoms. The number of nitrogens with zero attached hydrogens (tertiary/aromatic N) is 2. The second-order valence-electron chi connectivity index (χ2n) is 10.4. The fourth-order valence-corrected chi connectivity index (χ4v) is 6.13. The molecule has 3 aromatic carbocycles. The van der Waals surface area contributed by atoms with Gasteiger partial charge in [0, 0.05) is 17.6 Å². The first-order valence-electron chi connectivity index (χ1n) is 14.0. The lowest BCUT2D eigenvalue weighted by molar-refractivity contribution is -0.140. The Morgan fingerprint density at radius 1 is 0.952 bits per heavy atom. The SMILES string of the molecule is CCC(C)NC(=O)C(CC)N(Cc1ccc(OC)cc1)C(=O)CN(c1cc(Cl)ccc1C)S(=O)(=O)c1ccc(C)cc1. The Morgan fingerprint density at radius 2 is 1.60 bits per heavy atom. The highest BCUT2D eigenvalue weighted by atomic mass is 35.5. The summed E-state index contributed by atoms with van der Waals surface area (Å²) in [6, 6.07) is 17.7. The second-order valence-corrected chi connectivity index (χ2v) is 12.7. The lowest BCUT2D eigenvalue weighted by Crippen LogP contribution is -2.53. The number of hydrogen-bond donors (Lipinski definition) is 1. The molecule has 0 saturated heterocycles. The van der Waals surface area contributed by atoms with E-state index in [2.05, 4.69) is 5.32 Å². The molecule has 0 bridgehead atoms. The van der Waals surface area contributed by atoms with Gasteiger partial charge in [0.25, 0.3) is 10.0 Å². The number of rotatable bonds is 13. The molecule has 0 aliphatic heterocycles. The first kappa shape index (κ1) is 32.9. The van der Waals surface area contributed by atoms with Gasteiger partial charge in [-0.2, -0.15) is 0 Å². The van der Waals surface area contributed by atoms with Crippen LogP contribution in [0.1, 0.15) is 50.3 Å². The van der Waals surface area contributed by atoms with E-state index >= 15 is 0 Å². The first-order chi connectivity index (χ1) is 19.9. The van der Waals surface area contributed by atoms with Gasteiger partial charge in [-0.1, -0.05) is 61.3 Å². The number of amides is 2. The van der Waals surface area contributed by atoms with E-state index < -0.39 is 28.5 Å². The Morgan fingerprint density at radius 3 is 2.17 bits per heavy atom. The average Bonchev–Trinajstić information content (AvgIpc) is 2.97. The summed E-state index contributed by atoms with van der Waals surface area (Å²) in [5.74, 6) is -0.155. The van der Waals surface area contributed by atoms with E-state index in [9.17, 15) is 18.0 Å². The number of sulfonamides is 1. The van der Waals surface area contributed by atoms with Crippen LogP contribution in [0.5, 0.6) is 5.75 Å². The van der Waals surface area contributed by atoms with E-state index in [-0.39, 0.29) is 29.1 Å². The summed E-state index contributed by atoms with van der Waals surface area (Å²) in [6.45, 7) is 8.90. The number of hydrogen-bond acceptors (Lipinski definition) is 5. The van der Waals surface area contributed by atoms with Crippen LogP contribution >= 0.6 is 11.6 Å². The van der Waals surface area contributed by atoms with Crippen molar-refractivity contribution in [3.05, 3.63) is 88.4 Å². The summed E-state index contributed by atoms with van der Waals surface area (Å²) in [4.78, 5) is 29.1. The number of ether oxygens (including phenoxy) is 1. The Bertz CT molecular complexity index is 1480. The Kier molecular flexibility index (Phi) is 11.4. The van der Waals surface area contributed by atoms with Crippen LogP contribution in [0.15, 0.2) is 71.6 Å². The van der Waals surface area contributed by atoms with Gasteiger partial charge >= 0.3 is 0 Å². The van der Waals surface area contributed by atoms with Gasteiger partial charge in [0.2, 0.25) is 11.8 Å². The van der Waals surface area contributed by atoms with Gasteiger partial charge < -0.3 is 15.0 Å². The van der Waals surface area contributed by atoms with Gasteiger partial charge in [-0.25, -0.2) is 8.42 Å². The summed E-state index contributed by atoms with van der Waals surface area (Å²) in [6.07, 6.45) is 1.07.